The normalized spacial score (nSPS) is 32.3. The SMILES string of the molecule is CC(=O)O[C@@H]1[C@H](OCc2ccccc2)OC[C@H]2OC(C)(C)O[C@@H]12. The Morgan fingerprint density at radius 2 is 2.00 bits per heavy atom. The summed E-state index contributed by atoms with van der Waals surface area (Å²) >= 11 is 0. The maximum atomic E-state index is 11.5. The first-order valence-electron chi connectivity index (χ1n) is 7.74. The third kappa shape index (κ3) is 3.90. The monoisotopic (exact) mass is 322 g/mol. The van der Waals surface area contributed by atoms with Crippen molar-refractivity contribution in [1.29, 1.82) is 0 Å². The van der Waals surface area contributed by atoms with Crippen molar-refractivity contribution in [1.82, 2.24) is 0 Å². The predicted octanol–water partition coefficient (Wildman–Crippen LogP) is 2.01. The Bertz CT molecular complexity index is 543. The van der Waals surface area contributed by atoms with Crippen molar-refractivity contribution >= 4 is 5.97 Å². The minimum Gasteiger partial charge on any atom is -0.454 e. The predicted molar refractivity (Wildman–Crippen MR) is 80.4 cm³/mol. The molecule has 2 saturated heterocycles. The van der Waals surface area contributed by atoms with Crippen molar-refractivity contribution in [2.24, 2.45) is 0 Å². The van der Waals surface area contributed by atoms with Gasteiger partial charge in [-0.15, -0.1) is 0 Å². The van der Waals surface area contributed by atoms with E-state index in [1.54, 1.807) is 0 Å². The summed E-state index contributed by atoms with van der Waals surface area (Å²) in [4.78, 5) is 11.5. The van der Waals surface area contributed by atoms with Crippen LogP contribution in [-0.4, -0.2) is 43.0 Å². The lowest BCUT2D eigenvalue weighted by Crippen LogP contribution is -2.54. The molecule has 6 heteroatoms. The molecule has 2 fully saturated rings. The lowest BCUT2D eigenvalue weighted by atomic mass is 10.1. The Morgan fingerprint density at radius 3 is 2.70 bits per heavy atom. The maximum Gasteiger partial charge on any atom is 0.303 e. The Morgan fingerprint density at radius 1 is 1.26 bits per heavy atom. The Labute approximate surface area is 135 Å². The first-order chi connectivity index (χ1) is 10.9. The van der Waals surface area contributed by atoms with Gasteiger partial charge in [-0.1, -0.05) is 30.3 Å². The summed E-state index contributed by atoms with van der Waals surface area (Å²) in [7, 11) is 0. The molecule has 0 aliphatic carbocycles. The highest BCUT2D eigenvalue weighted by molar-refractivity contribution is 5.66. The van der Waals surface area contributed by atoms with E-state index in [0.717, 1.165) is 5.56 Å². The molecule has 2 heterocycles. The average molecular weight is 322 g/mol. The molecule has 0 N–H and O–H groups in total. The molecule has 0 aromatic heterocycles. The van der Waals surface area contributed by atoms with Crippen LogP contribution >= 0.6 is 0 Å². The highest BCUT2D eigenvalue weighted by Crippen LogP contribution is 2.36. The number of hydrogen-bond acceptors (Lipinski definition) is 6. The Kier molecular flexibility index (Phi) is 4.68. The van der Waals surface area contributed by atoms with Gasteiger partial charge < -0.3 is 23.7 Å². The molecule has 1 aromatic rings. The molecule has 6 nitrogen and oxygen atoms in total. The van der Waals surface area contributed by atoms with Crippen LogP contribution in [0, 0.1) is 0 Å². The summed E-state index contributed by atoms with van der Waals surface area (Å²) in [5.74, 6) is -1.13. The summed E-state index contributed by atoms with van der Waals surface area (Å²) in [6, 6.07) is 9.75. The second-order valence-corrected chi connectivity index (χ2v) is 6.21. The van der Waals surface area contributed by atoms with E-state index in [0.29, 0.717) is 13.2 Å². The van der Waals surface area contributed by atoms with Gasteiger partial charge in [0.1, 0.15) is 12.2 Å². The molecule has 0 unspecified atom stereocenters. The van der Waals surface area contributed by atoms with Crippen LogP contribution in [0.3, 0.4) is 0 Å². The molecule has 0 spiro atoms. The summed E-state index contributed by atoms with van der Waals surface area (Å²) in [5, 5.41) is 0. The number of hydrogen-bond donors (Lipinski definition) is 0. The first-order valence-corrected chi connectivity index (χ1v) is 7.74. The second kappa shape index (κ2) is 6.57. The number of esters is 1. The molecule has 4 atom stereocenters. The van der Waals surface area contributed by atoms with Gasteiger partial charge in [0.25, 0.3) is 0 Å². The molecule has 126 valence electrons. The fourth-order valence-corrected chi connectivity index (χ4v) is 2.92. The summed E-state index contributed by atoms with van der Waals surface area (Å²) < 4.78 is 28.6. The molecule has 0 saturated carbocycles. The topological polar surface area (TPSA) is 63.2 Å². The number of carbonyl (C=O) groups is 1. The van der Waals surface area contributed by atoms with E-state index in [1.807, 2.05) is 44.2 Å². The van der Waals surface area contributed by atoms with E-state index < -0.39 is 30.3 Å². The van der Waals surface area contributed by atoms with Crippen LogP contribution in [0.15, 0.2) is 30.3 Å². The lowest BCUT2D eigenvalue weighted by Gasteiger charge is -2.36. The summed E-state index contributed by atoms with van der Waals surface area (Å²) in [5.41, 5.74) is 1.02. The molecule has 0 bridgehead atoms. The van der Waals surface area contributed by atoms with Crippen molar-refractivity contribution in [2.45, 2.75) is 57.8 Å². The van der Waals surface area contributed by atoms with Gasteiger partial charge in [0, 0.05) is 6.92 Å². The van der Waals surface area contributed by atoms with Gasteiger partial charge in [-0.2, -0.15) is 0 Å². The molecule has 1 aromatic carbocycles. The van der Waals surface area contributed by atoms with E-state index in [9.17, 15) is 4.79 Å². The third-order valence-corrected chi connectivity index (χ3v) is 3.80. The van der Waals surface area contributed by atoms with Crippen molar-refractivity contribution in [3.05, 3.63) is 35.9 Å². The molecule has 0 amide bonds. The number of fused-ring (bicyclic) bond motifs is 1. The fraction of sp³-hybridized carbons (Fsp3) is 0.588. The second-order valence-electron chi connectivity index (χ2n) is 6.21. The number of carbonyl (C=O) groups excluding carboxylic acids is 1. The van der Waals surface area contributed by atoms with Crippen molar-refractivity contribution < 1.29 is 28.5 Å². The third-order valence-electron chi connectivity index (χ3n) is 3.80. The highest BCUT2D eigenvalue weighted by atomic mass is 16.8. The molecule has 2 aliphatic heterocycles. The van der Waals surface area contributed by atoms with Crippen LogP contribution in [0.2, 0.25) is 0 Å². The van der Waals surface area contributed by atoms with Gasteiger partial charge in [-0.05, 0) is 19.4 Å². The van der Waals surface area contributed by atoms with E-state index in [-0.39, 0.29) is 6.10 Å². The van der Waals surface area contributed by atoms with Gasteiger partial charge in [0.2, 0.25) is 0 Å². The van der Waals surface area contributed by atoms with Crippen LogP contribution in [0.4, 0.5) is 0 Å². The van der Waals surface area contributed by atoms with Crippen molar-refractivity contribution in [3.8, 4) is 0 Å². The van der Waals surface area contributed by atoms with E-state index in [1.165, 1.54) is 6.92 Å². The minimum absolute atomic E-state index is 0.272. The van der Waals surface area contributed by atoms with Gasteiger partial charge in [0.15, 0.2) is 18.2 Å². The molecule has 3 rings (SSSR count). The fourth-order valence-electron chi connectivity index (χ4n) is 2.92. The Hall–Kier alpha value is -1.47. The minimum atomic E-state index is -0.731. The van der Waals surface area contributed by atoms with E-state index in [4.69, 9.17) is 23.7 Å². The van der Waals surface area contributed by atoms with Gasteiger partial charge in [0.05, 0.1) is 13.2 Å². The zero-order chi connectivity index (χ0) is 16.4. The van der Waals surface area contributed by atoms with Gasteiger partial charge in [-0.3, -0.25) is 4.79 Å². The largest absolute Gasteiger partial charge is 0.454 e. The Balaban J connectivity index is 1.70. The number of rotatable bonds is 4. The first kappa shape index (κ1) is 16.4. The van der Waals surface area contributed by atoms with Gasteiger partial charge >= 0.3 is 5.97 Å². The quantitative estimate of drug-likeness (QED) is 0.790. The van der Waals surface area contributed by atoms with Crippen LogP contribution in [-0.2, 0) is 35.1 Å². The zero-order valence-corrected chi connectivity index (χ0v) is 13.6. The van der Waals surface area contributed by atoms with Crippen molar-refractivity contribution in [2.75, 3.05) is 6.61 Å². The van der Waals surface area contributed by atoms with Crippen LogP contribution < -0.4 is 0 Å². The van der Waals surface area contributed by atoms with Crippen LogP contribution in [0.25, 0.3) is 0 Å². The van der Waals surface area contributed by atoms with E-state index >= 15 is 0 Å². The van der Waals surface area contributed by atoms with Crippen molar-refractivity contribution in [3.63, 3.8) is 0 Å². The summed E-state index contributed by atoms with van der Waals surface area (Å²) in [6.45, 7) is 5.72. The zero-order valence-electron chi connectivity index (χ0n) is 13.6. The lowest BCUT2D eigenvalue weighted by molar-refractivity contribution is -0.262. The van der Waals surface area contributed by atoms with Crippen LogP contribution in [0.1, 0.15) is 26.3 Å². The smallest absolute Gasteiger partial charge is 0.303 e. The number of ether oxygens (including phenoxy) is 5. The molecular formula is C17H22O6. The number of benzene rings is 1. The van der Waals surface area contributed by atoms with Gasteiger partial charge in [-0.25, -0.2) is 0 Å². The van der Waals surface area contributed by atoms with Crippen LogP contribution in [0.5, 0.6) is 0 Å². The molecule has 23 heavy (non-hydrogen) atoms. The highest BCUT2D eigenvalue weighted by Gasteiger charge is 2.53. The summed E-state index contributed by atoms with van der Waals surface area (Å²) in [6.07, 6.45) is -2.01. The molecule has 0 radical (unpaired) electrons. The standard InChI is InChI=1S/C17H22O6/c1-11(18)21-15-14-13(22-17(2,3)23-14)10-20-16(15)19-9-12-7-5-4-6-8-12/h4-8,13-16H,9-10H2,1-3H3/t13-,14-,15+,16-/m1/s1. The molecular weight excluding hydrogens is 300 g/mol. The average Bonchev–Trinajstić information content (AvgIpc) is 2.82. The van der Waals surface area contributed by atoms with E-state index in [2.05, 4.69) is 0 Å². The maximum absolute atomic E-state index is 11.5. The molecule has 2 aliphatic rings.